The number of rotatable bonds is 2. The number of H-pyrrole nitrogens is 1. The van der Waals surface area contributed by atoms with E-state index in [0.29, 0.717) is 19.7 Å². The summed E-state index contributed by atoms with van der Waals surface area (Å²) in [5.41, 5.74) is 9.42. The van der Waals surface area contributed by atoms with Crippen molar-refractivity contribution in [3.63, 3.8) is 0 Å². The number of hydrogen-bond acceptors (Lipinski definition) is 3. The van der Waals surface area contributed by atoms with Gasteiger partial charge in [-0.15, -0.1) is 0 Å². The van der Waals surface area contributed by atoms with Crippen LogP contribution >= 0.6 is 0 Å². The number of fused-ring (bicyclic) bond motifs is 2. The number of aromatic nitrogens is 2. The van der Waals surface area contributed by atoms with E-state index in [9.17, 15) is 4.79 Å². The molecular formula is C27H27N3O2. The van der Waals surface area contributed by atoms with Gasteiger partial charge in [0, 0.05) is 17.7 Å². The Labute approximate surface area is 188 Å². The number of carbonyl (C=O) groups excluding carboxylic acids is 1. The molecule has 0 spiro atoms. The minimum atomic E-state index is 0.0572. The summed E-state index contributed by atoms with van der Waals surface area (Å²) >= 11 is 0. The molecule has 5 rings (SSSR count). The van der Waals surface area contributed by atoms with E-state index in [1.165, 1.54) is 11.1 Å². The summed E-state index contributed by atoms with van der Waals surface area (Å²) in [6, 6.07) is 16.5. The summed E-state index contributed by atoms with van der Waals surface area (Å²) in [7, 11) is 0. The van der Waals surface area contributed by atoms with Gasteiger partial charge in [-0.25, -0.2) is 4.98 Å². The SMILES string of the molecule is Cc1nc2ccc(-c3ccc4c(c3)CN(C(=O)c3ccc(C)c(C)c3C)CCO4)cc2[nH]1. The highest BCUT2D eigenvalue weighted by Gasteiger charge is 2.23. The molecule has 0 saturated carbocycles. The van der Waals surface area contributed by atoms with Crippen molar-refractivity contribution in [2.75, 3.05) is 13.2 Å². The molecule has 0 aliphatic carbocycles. The van der Waals surface area contributed by atoms with E-state index >= 15 is 0 Å². The number of benzene rings is 3. The number of imidazole rings is 1. The third-order valence-electron chi connectivity index (χ3n) is 6.55. The van der Waals surface area contributed by atoms with Gasteiger partial charge < -0.3 is 14.6 Å². The lowest BCUT2D eigenvalue weighted by Gasteiger charge is -2.22. The van der Waals surface area contributed by atoms with Crippen molar-refractivity contribution in [3.8, 4) is 16.9 Å². The van der Waals surface area contributed by atoms with Gasteiger partial charge in [-0.1, -0.05) is 18.2 Å². The van der Waals surface area contributed by atoms with Crippen molar-refractivity contribution in [1.82, 2.24) is 14.9 Å². The monoisotopic (exact) mass is 425 g/mol. The van der Waals surface area contributed by atoms with Crippen LogP contribution in [0.1, 0.15) is 38.4 Å². The average molecular weight is 426 g/mol. The van der Waals surface area contributed by atoms with Gasteiger partial charge in [0.15, 0.2) is 0 Å². The van der Waals surface area contributed by atoms with Crippen LogP contribution in [-0.2, 0) is 6.54 Å². The second kappa shape index (κ2) is 7.83. The lowest BCUT2D eigenvalue weighted by molar-refractivity contribution is 0.0732. The maximum Gasteiger partial charge on any atom is 0.254 e. The molecule has 3 aromatic carbocycles. The van der Waals surface area contributed by atoms with Crippen molar-refractivity contribution in [2.24, 2.45) is 0 Å². The predicted octanol–water partition coefficient (Wildman–Crippen LogP) is 5.50. The molecule has 0 atom stereocenters. The molecule has 1 aliphatic rings. The minimum absolute atomic E-state index is 0.0572. The highest BCUT2D eigenvalue weighted by atomic mass is 16.5. The van der Waals surface area contributed by atoms with E-state index < -0.39 is 0 Å². The molecule has 1 amide bonds. The Bertz CT molecular complexity index is 1350. The first kappa shape index (κ1) is 20.3. The van der Waals surface area contributed by atoms with Crippen LogP contribution in [0, 0.1) is 27.7 Å². The fraction of sp³-hybridized carbons (Fsp3) is 0.259. The number of ether oxygens (including phenoxy) is 1. The molecule has 0 saturated heterocycles. The number of aromatic amines is 1. The Kier molecular flexibility index (Phi) is 4.97. The molecule has 4 aromatic rings. The summed E-state index contributed by atoms with van der Waals surface area (Å²) in [5, 5.41) is 0. The van der Waals surface area contributed by atoms with Gasteiger partial charge in [-0.2, -0.15) is 0 Å². The van der Waals surface area contributed by atoms with E-state index in [-0.39, 0.29) is 5.91 Å². The Balaban J connectivity index is 1.48. The van der Waals surface area contributed by atoms with Crippen LogP contribution in [0.3, 0.4) is 0 Å². The van der Waals surface area contributed by atoms with Gasteiger partial charge in [-0.3, -0.25) is 4.79 Å². The lowest BCUT2D eigenvalue weighted by atomic mass is 9.97. The number of aryl methyl sites for hydroxylation is 2. The molecule has 0 fully saturated rings. The fourth-order valence-electron chi connectivity index (χ4n) is 4.42. The topological polar surface area (TPSA) is 58.2 Å². The highest BCUT2D eigenvalue weighted by Crippen LogP contribution is 2.31. The first-order valence-electron chi connectivity index (χ1n) is 11.0. The minimum Gasteiger partial charge on any atom is -0.491 e. The van der Waals surface area contributed by atoms with Crippen LogP contribution in [0.25, 0.3) is 22.2 Å². The van der Waals surface area contributed by atoms with Gasteiger partial charge in [0.05, 0.1) is 17.6 Å². The highest BCUT2D eigenvalue weighted by molar-refractivity contribution is 5.96. The van der Waals surface area contributed by atoms with Crippen LogP contribution in [0.15, 0.2) is 48.5 Å². The summed E-state index contributed by atoms with van der Waals surface area (Å²) in [4.78, 5) is 23.1. The zero-order valence-electron chi connectivity index (χ0n) is 19.0. The van der Waals surface area contributed by atoms with E-state index in [4.69, 9.17) is 4.74 Å². The van der Waals surface area contributed by atoms with Crippen molar-refractivity contribution in [3.05, 3.63) is 82.2 Å². The van der Waals surface area contributed by atoms with Gasteiger partial charge in [0.25, 0.3) is 5.91 Å². The quantitative estimate of drug-likeness (QED) is 0.461. The van der Waals surface area contributed by atoms with Crippen LogP contribution < -0.4 is 4.74 Å². The van der Waals surface area contributed by atoms with Crippen molar-refractivity contribution < 1.29 is 9.53 Å². The van der Waals surface area contributed by atoms with Gasteiger partial charge in [-0.05, 0) is 85.8 Å². The van der Waals surface area contributed by atoms with E-state index in [1.807, 2.05) is 43.0 Å². The van der Waals surface area contributed by atoms with E-state index in [2.05, 4.69) is 48.1 Å². The average Bonchev–Trinajstić information content (AvgIpc) is 3.02. The largest absolute Gasteiger partial charge is 0.491 e. The van der Waals surface area contributed by atoms with Crippen molar-refractivity contribution in [1.29, 1.82) is 0 Å². The molecule has 1 aliphatic heterocycles. The zero-order chi connectivity index (χ0) is 22.4. The normalized spacial score (nSPS) is 13.6. The summed E-state index contributed by atoms with van der Waals surface area (Å²) < 4.78 is 5.99. The molecule has 2 heterocycles. The second-order valence-corrected chi connectivity index (χ2v) is 8.63. The van der Waals surface area contributed by atoms with Gasteiger partial charge in [0.1, 0.15) is 18.2 Å². The molecule has 0 bridgehead atoms. The first-order valence-corrected chi connectivity index (χ1v) is 11.0. The number of nitrogens with zero attached hydrogens (tertiary/aromatic N) is 2. The summed E-state index contributed by atoms with van der Waals surface area (Å²) in [6.45, 7) is 9.73. The van der Waals surface area contributed by atoms with Crippen LogP contribution in [-0.4, -0.2) is 33.9 Å². The molecule has 0 unspecified atom stereocenters. The molecule has 5 heteroatoms. The third kappa shape index (κ3) is 3.54. The smallest absolute Gasteiger partial charge is 0.254 e. The van der Waals surface area contributed by atoms with E-state index in [1.54, 1.807) is 0 Å². The maximum atomic E-state index is 13.4. The Morgan fingerprint density at radius 1 is 0.969 bits per heavy atom. The Morgan fingerprint density at radius 2 is 1.75 bits per heavy atom. The maximum absolute atomic E-state index is 13.4. The van der Waals surface area contributed by atoms with Crippen molar-refractivity contribution >= 4 is 16.9 Å². The predicted molar refractivity (Wildman–Crippen MR) is 127 cm³/mol. The third-order valence-corrected chi connectivity index (χ3v) is 6.55. The number of nitrogens with one attached hydrogen (secondary N) is 1. The zero-order valence-corrected chi connectivity index (χ0v) is 19.0. The van der Waals surface area contributed by atoms with Crippen LogP contribution in [0.4, 0.5) is 0 Å². The fourth-order valence-corrected chi connectivity index (χ4v) is 4.42. The standard InChI is InChI=1S/C27H27N3O2/c1-16-5-8-23(18(3)17(16)2)27(31)30-11-12-32-26-10-7-20(13-22(26)15-30)21-6-9-24-25(14-21)29-19(4)28-24/h5-10,13-14H,11-12,15H2,1-4H3,(H,28,29). The molecule has 32 heavy (non-hydrogen) atoms. The molecule has 162 valence electrons. The number of hydrogen-bond donors (Lipinski definition) is 1. The number of carbonyl (C=O) groups is 1. The van der Waals surface area contributed by atoms with Crippen molar-refractivity contribution in [2.45, 2.75) is 34.2 Å². The van der Waals surface area contributed by atoms with Crippen LogP contribution in [0.2, 0.25) is 0 Å². The molecule has 5 nitrogen and oxygen atoms in total. The second-order valence-electron chi connectivity index (χ2n) is 8.63. The first-order chi connectivity index (χ1) is 15.4. The summed E-state index contributed by atoms with van der Waals surface area (Å²) in [5.74, 6) is 1.81. The summed E-state index contributed by atoms with van der Waals surface area (Å²) in [6.07, 6.45) is 0. The van der Waals surface area contributed by atoms with Crippen LogP contribution in [0.5, 0.6) is 5.75 Å². The number of amides is 1. The molecular weight excluding hydrogens is 398 g/mol. The van der Waals surface area contributed by atoms with Gasteiger partial charge >= 0.3 is 0 Å². The van der Waals surface area contributed by atoms with E-state index in [0.717, 1.165) is 50.4 Å². The molecule has 0 radical (unpaired) electrons. The lowest BCUT2D eigenvalue weighted by Crippen LogP contribution is -2.33. The Morgan fingerprint density at radius 3 is 2.59 bits per heavy atom. The Hall–Kier alpha value is -3.60. The molecule has 1 N–H and O–H groups in total. The van der Waals surface area contributed by atoms with Gasteiger partial charge in [0.2, 0.25) is 0 Å². The molecule has 1 aromatic heterocycles.